The van der Waals surface area contributed by atoms with Crippen molar-refractivity contribution in [1.82, 2.24) is 9.62 Å². The SMILES string of the molecule is CC[C@@H](C)NC(=O)[C@@H]1CCCN(S(=O)(=O)c2ccc3ccccc3c2)C1. The largest absolute Gasteiger partial charge is 0.353 e. The van der Waals surface area contributed by atoms with Crippen LogP contribution in [0, 0.1) is 5.92 Å². The van der Waals surface area contributed by atoms with E-state index in [0.29, 0.717) is 17.9 Å². The zero-order chi connectivity index (χ0) is 18.7. The molecule has 0 saturated carbocycles. The minimum atomic E-state index is -3.60. The first-order valence-corrected chi connectivity index (χ1v) is 10.6. The number of hydrogen-bond donors (Lipinski definition) is 1. The summed E-state index contributed by atoms with van der Waals surface area (Å²) in [7, 11) is -3.60. The lowest BCUT2D eigenvalue weighted by Crippen LogP contribution is -2.46. The first-order chi connectivity index (χ1) is 12.4. The van der Waals surface area contributed by atoms with E-state index in [0.717, 1.165) is 23.6 Å². The van der Waals surface area contributed by atoms with Gasteiger partial charge in [-0.25, -0.2) is 8.42 Å². The van der Waals surface area contributed by atoms with Gasteiger partial charge in [0.15, 0.2) is 0 Å². The summed E-state index contributed by atoms with van der Waals surface area (Å²) < 4.78 is 27.6. The van der Waals surface area contributed by atoms with Gasteiger partial charge in [-0.15, -0.1) is 0 Å². The van der Waals surface area contributed by atoms with Crippen LogP contribution in [-0.4, -0.2) is 37.8 Å². The number of carbonyl (C=O) groups excluding carboxylic acids is 1. The van der Waals surface area contributed by atoms with Gasteiger partial charge in [0.1, 0.15) is 0 Å². The van der Waals surface area contributed by atoms with Crippen molar-refractivity contribution in [2.24, 2.45) is 5.92 Å². The Morgan fingerprint density at radius 3 is 2.69 bits per heavy atom. The van der Waals surface area contributed by atoms with E-state index in [2.05, 4.69) is 5.32 Å². The molecule has 26 heavy (non-hydrogen) atoms. The molecule has 6 heteroatoms. The molecule has 2 aromatic carbocycles. The van der Waals surface area contributed by atoms with E-state index in [4.69, 9.17) is 0 Å². The third-order valence-corrected chi connectivity index (χ3v) is 6.98. The second-order valence-corrected chi connectivity index (χ2v) is 8.97. The van der Waals surface area contributed by atoms with Crippen molar-refractivity contribution >= 4 is 26.7 Å². The Hall–Kier alpha value is -1.92. The monoisotopic (exact) mass is 374 g/mol. The number of hydrogen-bond acceptors (Lipinski definition) is 3. The molecule has 1 saturated heterocycles. The van der Waals surface area contributed by atoms with Crippen LogP contribution < -0.4 is 5.32 Å². The molecule has 1 N–H and O–H groups in total. The highest BCUT2D eigenvalue weighted by molar-refractivity contribution is 7.89. The van der Waals surface area contributed by atoms with Crippen molar-refractivity contribution in [3.63, 3.8) is 0 Å². The van der Waals surface area contributed by atoms with Crippen LogP contribution in [0.25, 0.3) is 10.8 Å². The number of benzene rings is 2. The molecule has 2 atom stereocenters. The fourth-order valence-electron chi connectivity index (χ4n) is 3.31. The van der Waals surface area contributed by atoms with Crippen LogP contribution in [0.1, 0.15) is 33.1 Å². The first kappa shape index (κ1) is 18.9. The van der Waals surface area contributed by atoms with Crippen molar-refractivity contribution in [3.8, 4) is 0 Å². The number of nitrogens with zero attached hydrogens (tertiary/aromatic N) is 1. The Labute approximate surface area is 155 Å². The molecule has 0 aliphatic carbocycles. The van der Waals surface area contributed by atoms with Gasteiger partial charge < -0.3 is 5.32 Å². The maximum atomic E-state index is 13.1. The van der Waals surface area contributed by atoms with E-state index in [1.165, 1.54) is 4.31 Å². The molecule has 0 unspecified atom stereocenters. The van der Waals surface area contributed by atoms with Crippen molar-refractivity contribution in [2.45, 2.75) is 44.0 Å². The summed E-state index contributed by atoms with van der Waals surface area (Å²) in [6.45, 7) is 4.69. The van der Waals surface area contributed by atoms with Crippen molar-refractivity contribution in [2.75, 3.05) is 13.1 Å². The molecule has 3 rings (SSSR count). The summed E-state index contributed by atoms with van der Waals surface area (Å²) in [6.07, 6.45) is 2.29. The second-order valence-electron chi connectivity index (χ2n) is 7.03. The minimum absolute atomic E-state index is 0.0437. The van der Waals surface area contributed by atoms with Gasteiger partial charge in [-0.1, -0.05) is 37.3 Å². The third kappa shape index (κ3) is 3.91. The van der Waals surface area contributed by atoms with Gasteiger partial charge >= 0.3 is 0 Å². The average Bonchev–Trinajstić information content (AvgIpc) is 2.67. The molecule has 1 aliphatic rings. The second kappa shape index (κ2) is 7.76. The van der Waals surface area contributed by atoms with Gasteiger partial charge in [-0.2, -0.15) is 4.31 Å². The molecule has 0 aromatic heterocycles. The highest BCUT2D eigenvalue weighted by Crippen LogP contribution is 2.26. The van der Waals surface area contributed by atoms with Gasteiger partial charge in [0, 0.05) is 19.1 Å². The van der Waals surface area contributed by atoms with Crippen LogP contribution in [0.3, 0.4) is 0 Å². The van der Waals surface area contributed by atoms with E-state index in [9.17, 15) is 13.2 Å². The van der Waals surface area contributed by atoms with Gasteiger partial charge in [-0.3, -0.25) is 4.79 Å². The van der Waals surface area contributed by atoms with Crippen molar-refractivity contribution in [3.05, 3.63) is 42.5 Å². The molecule has 1 aliphatic heterocycles. The topological polar surface area (TPSA) is 66.5 Å². The van der Waals surface area contributed by atoms with Gasteiger partial charge in [0.2, 0.25) is 15.9 Å². The molecule has 0 bridgehead atoms. The normalized spacial score (nSPS) is 20.0. The van der Waals surface area contributed by atoms with Gasteiger partial charge in [-0.05, 0) is 49.1 Å². The predicted molar refractivity (Wildman–Crippen MR) is 103 cm³/mol. The van der Waals surface area contributed by atoms with E-state index >= 15 is 0 Å². The zero-order valence-corrected chi connectivity index (χ0v) is 16.1. The lowest BCUT2D eigenvalue weighted by atomic mass is 9.98. The Morgan fingerprint density at radius 2 is 1.96 bits per heavy atom. The Bertz CT molecular complexity index is 895. The highest BCUT2D eigenvalue weighted by atomic mass is 32.2. The predicted octanol–water partition coefficient (Wildman–Crippen LogP) is 3.16. The van der Waals surface area contributed by atoms with Crippen LogP contribution in [0.5, 0.6) is 0 Å². The summed E-state index contributed by atoms with van der Waals surface area (Å²) in [5.41, 5.74) is 0. The molecule has 140 valence electrons. The number of fused-ring (bicyclic) bond motifs is 1. The van der Waals surface area contributed by atoms with Crippen molar-refractivity contribution in [1.29, 1.82) is 0 Å². The standard InChI is InChI=1S/C20H26N2O3S/c1-3-15(2)21-20(23)18-9-6-12-22(14-18)26(24,25)19-11-10-16-7-4-5-8-17(16)13-19/h4-5,7-8,10-11,13,15,18H,3,6,9,12,14H2,1-2H3,(H,21,23)/t15-,18-/m1/s1. The number of piperidine rings is 1. The molecule has 0 spiro atoms. The fourth-order valence-corrected chi connectivity index (χ4v) is 4.87. The molecule has 1 amide bonds. The lowest BCUT2D eigenvalue weighted by Gasteiger charge is -2.31. The van der Waals surface area contributed by atoms with Gasteiger partial charge in [0.05, 0.1) is 10.8 Å². The number of sulfonamides is 1. The molecular formula is C20H26N2O3S. The number of amides is 1. The number of carbonyl (C=O) groups is 1. The summed E-state index contributed by atoms with van der Waals surface area (Å²) in [4.78, 5) is 12.7. The van der Waals surface area contributed by atoms with E-state index in [1.54, 1.807) is 12.1 Å². The van der Waals surface area contributed by atoms with Crippen molar-refractivity contribution < 1.29 is 13.2 Å². The molecule has 2 aromatic rings. The summed E-state index contributed by atoms with van der Waals surface area (Å²) in [5.74, 6) is -0.328. The maximum absolute atomic E-state index is 13.1. The van der Waals surface area contributed by atoms with E-state index in [1.807, 2.05) is 44.2 Å². The Balaban J connectivity index is 1.80. The third-order valence-electron chi connectivity index (χ3n) is 5.11. The zero-order valence-electron chi connectivity index (χ0n) is 15.3. The summed E-state index contributed by atoms with van der Waals surface area (Å²) >= 11 is 0. The van der Waals surface area contributed by atoms with E-state index in [-0.39, 0.29) is 24.4 Å². The van der Waals surface area contributed by atoms with Crippen LogP contribution in [0.2, 0.25) is 0 Å². The van der Waals surface area contributed by atoms with Crippen LogP contribution in [-0.2, 0) is 14.8 Å². The smallest absolute Gasteiger partial charge is 0.243 e. The van der Waals surface area contributed by atoms with E-state index < -0.39 is 10.0 Å². The molecular weight excluding hydrogens is 348 g/mol. The Morgan fingerprint density at radius 1 is 1.23 bits per heavy atom. The fraction of sp³-hybridized carbons (Fsp3) is 0.450. The highest BCUT2D eigenvalue weighted by Gasteiger charge is 2.33. The first-order valence-electron chi connectivity index (χ1n) is 9.21. The molecule has 0 radical (unpaired) electrons. The summed E-state index contributed by atoms with van der Waals surface area (Å²) in [6, 6.07) is 13.0. The van der Waals surface area contributed by atoms with Crippen LogP contribution >= 0.6 is 0 Å². The number of rotatable bonds is 5. The molecule has 1 heterocycles. The minimum Gasteiger partial charge on any atom is -0.353 e. The van der Waals surface area contributed by atoms with Crippen LogP contribution in [0.4, 0.5) is 0 Å². The molecule has 5 nitrogen and oxygen atoms in total. The summed E-state index contributed by atoms with van der Waals surface area (Å²) in [5, 5.41) is 4.88. The lowest BCUT2D eigenvalue weighted by molar-refractivity contribution is -0.126. The Kier molecular flexibility index (Phi) is 5.63. The number of nitrogens with one attached hydrogen (secondary N) is 1. The quantitative estimate of drug-likeness (QED) is 0.874. The van der Waals surface area contributed by atoms with Gasteiger partial charge in [0.25, 0.3) is 0 Å². The maximum Gasteiger partial charge on any atom is 0.243 e. The van der Waals surface area contributed by atoms with Crippen LogP contribution in [0.15, 0.2) is 47.4 Å². The average molecular weight is 375 g/mol. The molecule has 1 fully saturated rings.